The molecule has 0 bridgehead atoms. The normalized spacial score (nSPS) is 14.4. The van der Waals surface area contributed by atoms with Gasteiger partial charge in [0.15, 0.2) is 0 Å². The Bertz CT molecular complexity index is 1290. The highest BCUT2D eigenvalue weighted by Gasteiger charge is 2.32. The summed E-state index contributed by atoms with van der Waals surface area (Å²) < 4.78 is 19.0. The van der Waals surface area contributed by atoms with Crippen LogP contribution in [0.5, 0.6) is 0 Å². The van der Waals surface area contributed by atoms with Gasteiger partial charge in [-0.3, -0.25) is 19.0 Å². The average Bonchev–Trinajstić information content (AvgIpc) is 3.43. The molecule has 2 heterocycles. The molecule has 0 radical (unpaired) electrons. The molecule has 2 N–H and O–H groups in total. The van der Waals surface area contributed by atoms with E-state index in [1.54, 1.807) is 36.4 Å². The van der Waals surface area contributed by atoms with Gasteiger partial charge in [-0.15, -0.1) is 11.6 Å². The number of hydrogen-bond donors (Lipinski definition) is 2. The maximum Gasteiger partial charge on any atom is 0.255 e. The van der Waals surface area contributed by atoms with Crippen molar-refractivity contribution in [2.75, 3.05) is 5.88 Å². The molecule has 3 aromatic rings. The van der Waals surface area contributed by atoms with Crippen LogP contribution in [0.4, 0.5) is 4.39 Å². The van der Waals surface area contributed by atoms with Crippen molar-refractivity contribution in [1.82, 2.24) is 30.2 Å². The predicted octanol–water partition coefficient (Wildman–Crippen LogP) is 4.11. The first-order valence-corrected chi connectivity index (χ1v) is 13.6. The summed E-state index contributed by atoms with van der Waals surface area (Å²) in [5, 5.41) is 14.4. The summed E-state index contributed by atoms with van der Waals surface area (Å²) >= 11 is 9.30. The van der Waals surface area contributed by atoms with Crippen molar-refractivity contribution in [2.45, 2.75) is 63.6 Å². The van der Waals surface area contributed by atoms with E-state index in [9.17, 15) is 14.0 Å². The molecule has 11 heteroatoms. The first kappa shape index (κ1) is 27.3. The molecule has 0 spiro atoms. The summed E-state index contributed by atoms with van der Waals surface area (Å²) in [6, 6.07) is 3.82. The molecular weight excluding hydrogens is 563 g/mol. The van der Waals surface area contributed by atoms with E-state index < -0.39 is 23.3 Å². The van der Waals surface area contributed by atoms with Crippen molar-refractivity contribution in [2.24, 2.45) is 7.05 Å². The van der Waals surface area contributed by atoms with Gasteiger partial charge >= 0.3 is 0 Å². The Morgan fingerprint density at radius 1 is 1.27 bits per heavy atom. The Morgan fingerprint density at radius 2 is 2.03 bits per heavy atom. The second kappa shape index (κ2) is 11.3. The monoisotopic (exact) mass is 592 g/mol. The van der Waals surface area contributed by atoms with E-state index in [-0.39, 0.29) is 23.8 Å². The Labute approximate surface area is 229 Å². The van der Waals surface area contributed by atoms with E-state index in [1.807, 2.05) is 24.6 Å². The number of aromatic nitrogens is 4. The fourth-order valence-electron chi connectivity index (χ4n) is 4.47. The van der Waals surface area contributed by atoms with Gasteiger partial charge in [-0.25, -0.2) is 4.39 Å². The summed E-state index contributed by atoms with van der Waals surface area (Å²) in [7, 11) is 1.77. The van der Waals surface area contributed by atoms with Crippen LogP contribution in [0.15, 0.2) is 41.3 Å². The number of aryl methyl sites for hydroxylation is 1. The highest BCUT2D eigenvalue weighted by atomic mass is 79.9. The maximum absolute atomic E-state index is 14.8. The van der Waals surface area contributed by atoms with Gasteiger partial charge in [-0.1, -0.05) is 15.9 Å². The van der Waals surface area contributed by atoms with E-state index in [2.05, 4.69) is 36.8 Å². The molecule has 4 rings (SSSR count). The molecule has 0 aliphatic heterocycles. The minimum absolute atomic E-state index is 0.121. The lowest BCUT2D eigenvalue weighted by atomic mass is 10.0. The summed E-state index contributed by atoms with van der Waals surface area (Å²) in [5.41, 5.74) is 1.61. The first-order chi connectivity index (χ1) is 17.6. The molecule has 0 saturated heterocycles. The standard InChI is InChI=1S/C26H31BrClFN6O2/c1-26(2,15-35-22(9-11-30-35)17-4-5-17)33-24(36)21(12-16-13-31-34(3)14-16)32-25(37)23-18(8-10-28)19(27)6-7-20(23)29/h6-7,9,11,13-14,17,21H,4-5,8,10,12,15H2,1-3H3,(H,32,37)(H,33,36). The molecule has 1 fully saturated rings. The third-order valence-electron chi connectivity index (χ3n) is 6.35. The Morgan fingerprint density at radius 3 is 2.68 bits per heavy atom. The molecule has 1 saturated carbocycles. The molecule has 2 aromatic heterocycles. The van der Waals surface area contributed by atoms with Crippen LogP contribution in [0.1, 0.15) is 59.8 Å². The zero-order valence-corrected chi connectivity index (χ0v) is 23.4. The summed E-state index contributed by atoms with van der Waals surface area (Å²) in [6.07, 6.45) is 7.98. The van der Waals surface area contributed by atoms with E-state index >= 15 is 0 Å². The lowest BCUT2D eigenvalue weighted by molar-refractivity contribution is -0.124. The maximum atomic E-state index is 14.8. The average molecular weight is 594 g/mol. The van der Waals surface area contributed by atoms with Crippen LogP contribution in [0.3, 0.4) is 0 Å². The van der Waals surface area contributed by atoms with Crippen LogP contribution in [-0.4, -0.2) is 48.8 Å². The van der Waals surface area contributed by atoms with E-state index in [0.717, 1.165) is 18.4 Å². The number of rotatable bonds is 11. The Kier molecular flexibility index (Phi) is 8.38. The van der Waals surface area contributed by atoms with Gasteiger partial charge in [0.25, 0.3) is 5.91 Å². The fourth-order valence-corrected chi connectivity index (χ4v) is 5.18. The van der Waals surface area contributed by atoms with E-state index in [1.165, 1.54) is 11.8 Å². The number of amides is 2. The van der Waals surface area contributed by atoms with Crippen molar-refractivity contribution in [3.05, 3.63) is 69.5 Å². The first-order valence-electron chi connectivity index (χ1n) is 12.2. The largest absolute Gasteiger partial charge is 0.348 e. The molecular formula is C26H31BrClFN6O2. The van der Waals surface area contributed by atoms with Crippen molar-refractivity contribution in [3.8, 4) is 0 Å². The number of carbonyl (C=O) groups is 2. The molecule has 198 valence electrons. The number of carbonyl (C=O) groups excluding carboxylic acids is 2. The number of halogens is 3. The van der Waals surface area contributed by atoms with Crippen molar-refractivity contribution in [1.29, 1.82) is 0 Å². The number of benzene rings is 1. The molecule has 1 aliphatic rings. The van der Waals surface area contributed by atoms with Gasteiger partial charge in [0.1, 0.15) is 11.9 Å². The lowest BCUT2D eigenvalue weighted by Gasteiger charge is -2.30. The summed E-state index contributed by atoms with van der Waals surface area (Å²) in [6.45, 7) is 4.31. The van der Waals surface area contributed by atoms with Crippen molar-refractivity contribution < 1.29 is 14.0 Å². The Balaban J connectivity index is 1.55. The van der Waals surface area contributed by atoms with Gasteiger partial charge in [0, 0.05) is 47.8 Å². The van der Waals surface area contributed by atoms with Gasteiger partial charge in [-0.2, -0.15) is 10.2 Å². The quantitative estimate of drug-likeness (QED) is 0.327. The number of nitrogens with one attached hydrogen (secondary N) is 2. The molecule has 2 amide bonds. The van der Waals surface area contributed by atoms with Crippen LogP contribution in [0, 0.1) is 5.82 Å². The fraction of sp³-hybridized carbons (Fsp3) is 0.462. The lowest BCUT2D eigenvalue weighted by Crippen LogP contribution is -2.55. The highest BCUT2D eigenvalue weighted by Crippen LogP contribution is 2.40. The second-order valence-corrected chi connectivity index (χ2v) is 11.4. The predicted molar refractivity (Wildman–Crippen MR) is 143 cm³/mol. The second-order valence-electron chi connectivity index (χ2n) is 10.1. The van der Waals surface area contributed by atoms with Crippen LogP contribution < -0.4 is 10.6 Å². The van der Waals surface area contributed by atoms with Crippen LogP contribution in [0.25, 0.3) is 0 Å². The smallest absolute Gasteiger partial charge is 0.255 e. The SMILES string of the molecule is Cn1cc(CC(NC(=O)c2c(F)ccc(Br)c2CCCl)C(=O)NC(C)(C)Cn2nccc2C2CC2)cn1. The molecule has 1 aromatic carbocycles. The van der Waals surface area contributed by atoms with Gasteiger partial charge in [0.2, 0.25) is 5.91 Å². The van der Waals surface area contributed by atoms with Gasteiger partial charge in [-0.05, 0) is 62.4 Å². The highest BCUT2D eigenvalue weighted by molar-refractivity contribution is 9.10. The third kappa shape index (κ3) is 6.78. The minimum Gasteiger partial charge on any atom is -0.348 e. The summed E-state index contributed by atoms with van der Waals surface area (Å²) in [5.74, 6) is -0.991. The molecule has 1 aliphatic carbocycles. The number of alkyl halides is 1. The van der Waals surface area contributed by atoms with E-state index in [0.29, 0.717) is 28.9 Å². The van der Waals surface area contributed by atoms with Crippen LogP contribution in [0.2, 0.25) is 0 Å². The molecule has 1 atom stereocenters. The minimum atomic E-state index is -0.960. The van der Waals surface area contributed by atoms with Crippen LogP contribution >= 0.6 is 27.5 Å². The molecule has 1 unspecified atom stereocenters. The molecule has 8 nitrogen and oxygen atoms in total. The van der Waals surface area contributed by atoms with Crippen molar-refractivity contribution in [3.63, 3.8) is 0 Å². The molecule has 37 heavy (non-hydrogen) atoms. The summed E-state index contributed by atoms with van der Waals surface area (Å²) in [4.78, 5) is 26.9. The van der Waals surface area contributed by atoms with Crippen LogP contribution in [-0.2, 0) is 31.2 Å². The van der Waals surface area contributed by atoms with Crippen molar-refractivity contribution >= 4 is 39.3 Å². The zero-order chi connectivity index (χ0) is 26.7. The zero-order valence-electron chi connectivity index (χ0n) is 21.1. The van der Waals surface area contributed by atoms with E-state index in [4.69, 9.17) is 11.6 Å². The van der Waals surface area contributed by atoms with Gasteiger partial charge in [0.05, 0.1) is 23.8 Å². The topological polar surface area (TPSA) is 93.8 Å². The number of hydrogen-bond acceptors (Lipinski definition) is 4. The Hall–Kier alpha value is -2.72. The third-order valence-corrected chi connectivity index (χ3v) is 7.28. The number of nitrogens with zero attached hydrogens (tertiary/aromatic N) is 4. The van der Waals surface area contributed by atoms with Gasteiger partial charge < -0.3 is 10.6 Å².